The van der Waals surface area contributed by atoms with Gasteiger partial charge in [0.05, 0.1) is 21.1 Å². The number of benzene rings is 3. The molecule has 0 amide bonds. The minimum atomic E-state index is -4.87. The molecule has 0 fully saturated rings. The number of alkyl halides is 3. The van der Waals surface area contributed by atoms with Gasteiger partial charge in [-0.3, -0.25) is 0 Å². The Morgan fingerprint density at radius 1 is 1.03 bits per heavy atom. The van der Waals surface area contributed by atoms with Gasteiger partial charge >= 0.3 is 6.36 Å². The average molecular weight is 524 g/mol. The number of halogens is 4. The van der Waals surface area contributed by atoms with E-state index in [1.807, 2.05) is 31.2 Å². The van der Waals surface area contributed by atoms with E-state index in [2.05, 4.69) is 15.4 Å². The monoisotopic (exact) mass is 523 g/mol. The molecule has 4 aromatic rings. The van der Waals surface area contributed by atoms with E-state index < -0.39 is 22.1 Å². The van der Waals surface area contributed by atoms with Gasteiger partial charge in [0, 0.05) is 23.8 Å². The van der Waals surface area contributed by atoms with E-state index in [9.17, 15) is 21.6 Å². The van der Waals surface area contributed by atoms with Crippen molar-refractivity contribution in [2.75, 3.05) is 12.4 Å². The molecule has 1 heterocycles. The molecular weight excluding hydrogens is 503 g/mol. The molecule has 0 aliphatic heterocycles. The Bertz CT molecular complexity index is 1480. The summed E-state index contributed by atoms with van der Waals surface area (Å²) < 4.78 is 69.3. The van der Waals surface area contributed by atoms with E-state index in [1.165, 1.54) is 6.20 Å². The Morgan fingerprint density at radius 3 is 2.37 bits per heavy atom. The van der Waals surface area contributed by atoms with Crippen LogP contribution in [0.25, 0.3) is 10.9 Å². The van der Waals surface area contributed by atoms with Gasteiger partial charge in [-0.15, -0.1) is 13.2 Å². The molecule has 1 aromatic heterocycles. The maximum absolute atomic E-state index is 13.5. The number of fused-ring (bicyclic) bond motifs is 1. The summed E-state index contributed by atoms with van der Waals surface area (Å²) in [6.45, 7) is 2.33. The fraction of sp³-hybridized carbons (Fsp3) is 0.167. The van der Waals surface area contributed by atoms with Crippen molar-refractivity contribution in [2.45, 2.75) is 24.7 Å². The highest BCUT2D eigenvalue weighted by molar-refractivity contribution is 7.90. The van der Waals surface area contributed by atoms with Gasteiger partial charge in [0.2, 0.25) is 0 Å². The van der Waals surface area contributed by atoms with Crippen LogP contribution in [0.3, 0.4) is 0 Å². The van der Waals surface area contributed by atoms with Crippen molar-refractivity contribution < 1.29 is 26.3 Å². The third kappa shape index (κ3) is 5.39. The van der Waals surface area contributed by atoms with Crippen LogP contribution in [0.2, 0.25) is 5.02 Å². The predicted octanol–water partition coefficient (Wildman–Crippen LogP) is 6.20. The molecule has 0 spiro atoms. The number of aromatic nitrogens is 1. The lowest BCUT2D eigenvalue weighted by Crippen LogP contribution is -2.17. The number of ether oxygens (including phenoxy) is 1. The normalized spacial score (nSPS) is 12.2. The molecule has 2 N–H and O–H groups in total. The van der Waals surface area contributed by atoms with Gasteiger partial charge in [0.15, 0.2) is 0 Å². The van der Waals surface area contributed by atoms with Crippen LogP contribution in [0, 0.1) is 6.92 Å². The second-order valence-electron chi connectivity index (χ2n) is 7.84. The molecule has 0 saturated heterocycles. The average Bonchev–Trinajstić information content (AvgIpc) is 3.14. The van der Waals surface area contributed by atoms with Crippen molar-refractivity contribution in [3.63, 3.8) is 0 Å². The summed E-state index contributed by atoms with van der Waals surface area (Å²) in [7, 11) is -2.39. The Labute approximate surface area is 205 Å². The quantitative estimate of drug-likeness (QED) is 0.302. The Morgan fingerprint density at radius 2 is 1.74 bits per heavy atom. The SMILES string of the molecule is CNCc1cn(S(=O)(=O)c2ccc(OC(F)(F)F)cc2)c2cc(Nc3ccc(C)cc3Cl)ccc12. The minimum absolute atomic E-state index is 0.181. The van der Waals surface area contributed by atoms with Crippen molar-refractivity contribution in [3.8, 4) is 5.75 Å². The Balaban J connectivity index is 1.77. The van der Waals surface area contributed by atoms with Crippen LogP contribution in [0.1, 0.15) is 11.1 Å². The van der Waals surface area contributed by atoms with Crippen LogP contribution in [-0.4, -0.2) is 25.8 Å². The number of hydrogen-bond acceptors (Lipinski definition) is 5. The van der Waals surface area contributed by atoms with E-state index in [0.29, 0.717) is 33.8 Å². The molecule has 6 nitrogen and oxygen atoms in total. The molecule has 0 bridgehead atoms. The third-order valence-corrected chi connectivity index (χ3v) is 7.24. The molecular formula is C24H21ClF3N3O3S. The molecule has 0 aliphatic carbocycles. The molecule has 0 atom stereocenters. The van der Waals surface area contributed by atoms with Gasteiger partial charge < -0.3 is 15.4 Å². The summed E-state index contributed by atoms with van der Waals surface area (Å²) in [6, 6.07) is 14.9. The lowest BCUT2D eigenvalue weighted by atomic mass is 10.1. The largest absolute Gasteiger partial charge is 0.573 e. The molecule has 0 unspecified atom stereocenters. The second-order valence-corrected chi connectivity index (χ2v) is 10.1. The first-order valence-corrected chi connectivity index (χ1v) is 12.2. The lowest BCUT2D eigenvalue weighted by Gasteiger charge is -2.12. The lowest BCUT2D eigenvalue weighted by molar-refractivity contribution is -0.274. The highest BCUT2D eigenvalue weighted by atomic mass is 35.5. The van der Waals surface area contributed by atoms with Gasteiger partial charge in [-0.05, 0) is 73.6 Å². The molecule has 0 saturated carbocycles. The maximum atomic E-state index is 13.5. The summed E-state index contributed by atoms with van der Waals surface area (Å²) >= 11 is 6.33. The summed E-state index contributed by atoms with van der Waals surface area (Å²) in [5, 5.41) is 7.44. The topological polar surface area (TPSA) is 72.4 Å². The zero-order valence-corrected chi connectivity index (χ0v) is 20.2. The van der Waals surface area contributed by atoms with E-state index in [4.69, 9.17) is 11.6 Å². The number of aryl methyl sites for hydroxylation is 1. The van der Waals surface area contributed by atoms with Crippen molar-refractivity contribution in [1.29, 1.82) is 0 Å². The highest BCUT2D eigenvalue weighted by Gasteiger charge is 2.31. The van der Waals surface area contributed by atoms with E-state index in [1.54, 1.807) is 19.2 Å². The van der Waals surface area contributed by atoms with Crippen molar-refractivity contribution in [2.24, 2.45) is 0 Å². The standard InChI is InChI=1S/C24H21ClF3N3O3S/c1-15-3-10-22(21(25)11-15)30-17-4-9-20-16(13-29-2)14-31(23(20)12-17)35(32,33)19-7-5-18(6-8-19)34-24(26,27)28/h3-12,14,29-30H,13H2,1-2H3. The predicted molar refractivity (Wildman–Crippen MR) is 130 cm³/mol. The smallest absolute Gasteiger partial charge is 0.406 e. The van der Waals surface area contributed by atoms with Crippen molar-refractivity contribution in [1.82, 2.24) is 9.29 Å². The summed E-state index contributed by atoms with van der Waals surface area (Å²) in [6.07, 6.45) is -3.37. The fourth-order valence-corrected chi connectivity index (χ4v) is 5.34. The fourth-order valence-electron chi connectivity index (χ4n) is 3.68. The molecule has 35 heavy (non-hydrogen) atoms. The Kier molecular flexibility index (Phi) is 6.72. The van der Waals surface area contributed by atoms with Crippen LogP contribution >= 0.6 is 11.6 Å². The number of nitrogens with one attached hydrogen (secondary N) is 2. The zero-order chi connectivity index (χ0) is 25.4. The number of anilines is 2. The van der Waals surface area contributed by atoms with Gasteiger partial charge in [0.1, 0.15) is 5.75 Å². The first-order chi connectivity index (χ1) is 16.5. The maximum Gasteiger partial charge on any atom is 0.573 e. The van der Waals surface area contributed by atoms with Crippen LogP contribution < -0.4 is 15.4 Å². The van der Waals surface area contributed by atoms with Crippen LogP contribution in [0.4, 0.5) is 24.5 Å². The van der Waals surface area contributed by atoms with Crippen molar-refractivity contribution in [3.05, 3.63) is 83.0 Å². The van der Waals surface area contributed by atoms with Crippen molar-refractivity contribution >= 4 is 43.9 Å². The van der Waals surface area contributed by atoms with Gasteiger partial charge in [-0.1, -0.05) is 23.7 Å². The molecule has 3 aromatic carbocycles. The molecule has 0 radical (unpaired) electrons. The molecule has 184 valence electrons. The molecule has 11 heteroatoms. The second kappa shape index (κ2) is 9.44. The minimum Gasteiger partial charge on any atom is -0.406 e. The van der Waals surface area contributed by atoms with Crippen LogP contribution in [-0.2, 0) is 16.6 Å². The number of hydrogen-bond donors (Lipinski definition) is 2. The zero-order valence-electron chi connectivity index (χ0n) is 18.7. The number of rotatable bonds is 7. The first kappa shape index (κ1) is 24.9. The van der Waals surface area contributed by atoms with Crippen LogP contribution in [0.15, 0.2) is 71.8 Å². The van der Waals surface area contributed by atoms with Gasteiger partial charge in [0.25, 0.3) is 10.0 Å². The summed E-state index contributed by atoms with van der Waals surface area (Å²) in [5.41, 5.74) is 3.41. The Hall–Kier alpha value is -3.21. The molecule has 4 rings (SSSR count). The van der Waals surface area contributed by atoms with Gasteiger partial charge in [-0.2, -0.15) is 0 Å². The first-order valence-electron chi connectivity index (χ1n) is 10.4. The summed E-state index contributed by atoms with van der Waals surface area (Å²) in [5.74, 6) is -0.508. The van der Waals surface area contributed by atoms with E-state index in [0.717, 1.165) is 39.4 Å². The van der Waals surface area contributed by atoms with E-state index >= 15 is 0 Å². The number of nitrogens with zero attached hydrogens (tertiary/aromatic N) is 1. The highest BCUT2D eigenvalue weighted by Crippen LogP contribution is 2.32. The van der Waals surface area contributed by atoms with Crippen LogP contribution in [0.5, 0.6) is 5.75 Å². The third-order valence-electron chi connectivity index (χ3n) is 5.24. The molecule has 0 aliphatic rings. The van der Waals surface area contributed by atoms with E-state index in [-0.39, 0.29) is 4.90 Å². The summed E-state index contributed by atoms with van der Waals surface area (Å²) in [4.78, 5) is -0.181. The van der Waals surface area contributed by atoms with Gasteiger partial charge in [-0.25, -0.2) is 12.4 Å².